The second-order valence-corrected chi connectivity index (χ2v) is 5.50. The van der Waals surface area contributed by atoms with Gasteiger partial charge in [0.2, 0.25) is 0 Å². The summed E-state index contributed by atoms with van der Waals surface area (Å²) in [6.07, 6.45) is 2.11. The van der Waals surface area contributed by atoms with Crippen LogP contribution in [0.4, 0.5) is 0 Å². The van der Waals surface area contributed by atoms with E-state index in [4.69, 9.17) is 0 Å². The largest absolute Gasteiger partial charge is 0.352 e. The number of H-pyrrole nitrogens is 1. The zero-order chi connectivity index (χ0) is 14.7. The topological polar surface area (TPSA) is 74.0 Å². The van der Waals surface area contributed by atoms with Gasteiger partial charge in [-0.1, -0.05) is 18.2 Å². The smallest absolute Gasteiger partial charge is 0.261 e. The van der Waals surface area contributed by atoms with Gasteiger partial charge in [-0.25, -0.2) is 0 Å². The van der Waals surface area contributed by atoms with Gasteiger partial charge in [-0.05, 0) is 49.4 Å². The molecule has 0 saturated carbocycles. The molecule has 3 rings (SSSR count). The van der Waals surface area contributed by atoms with Crippen LogP contribution in [0.5, 0.6) is 0 Å². The molecule has 1 saturated heterocycles. The fraction of sp³-hybridized carbons (Fsp3) is 0.375. The van der Waals surface area contributed by atoms with Gasteiger partial charge in [0.1, 0.15) is 5.56 Å². The molecule has 5 nitrogen and oxygen atoms in total. The number of aromatic amines is 1. The number of aromatic nitrogens is 1. The molecule has 22 heavy (non-hydrogen) atoms. The van der Waals surface area contributed by atoms with E-state index in [1.807, 2.05) is 24.3 Å². The minimum absolute atomic E-state index is 0. The minimum Gasteiger partial charge on any atom is -0.352 e. The Morgan fingerprint density at radius 3 is 2.91 bits per heavy atom. The monoisotopic (exact) mass is 321 g/mol. The molecule has 1 amide bonds. The molecule has 6 heteroatoms. The molecule has 2 heterocycles. The molecular formula is C16H20ClN3O2. The van der Waals surface area contributed by atoms with Crippen LogP contribution in [0, 0.1) is 5.92 Å². The van der Waals surface area contributed by atoms with Gasteiger partial charge in [-0.3, -0.25) is 9.59 Å². The van der Waals surface area contributed by atoms with E-state index in [-0.39, 0.29) is 29.4 Å². The van der Waals surface area contributed by atoms with Crippen LogP contribution >= 0.6 is 12.4 Å². The molecule has 0 spiro atoms. The Kier molecular flexibility index (Phi) is 5.57. The number of hydrogen-bond acceptors (Lipinski definition) is 3. The predicted molar refractivity (Wildman–Crippen MR) is 89.7 cm³/mol. The van der Waals surface area contributed by atoms with Gasteiger partial charge in [0.15, 0.2) is 0 Å². The molecule has 118 valence electrons. The van der Waals surface area contributed by atoms with Crippen molar-refractivity contribution in [2.45, 2.75) is 12.8 Å². The number of amides is 1. The van der Waals surface area contributed by atoms with Gasteiger partial charge < -0.3 is 15.6 Å². The van der Waals surface area contributed by atoms with Crippen molar-refractivity contribution in [3.05, 3.63) is 46.2 Å². The first-order valence-electron chi connectivity index (χ1n) is 7.35. The number of nitrogens with one attached hydrogen (secondary N) is 3. The fourth-order valence-corrected chi connectivity index (χ4v) is 2.76. The zero-order valence-corrected chi connectivity index (χ0v) is 13.0. The van der Waals surface area contributed by atoms with E-state index in [1.54, 1.807) is 6.07 Å². The first-order chi connectivity index (χ1) is 10.2. The van der Waals surface area contributed by atoms with E-state index in [0.29, 0.717) is 12.5 Å². The third-order valence-corrected chi connectivity index (χ3v) is 4.00. The molecule has 1 unspecified atom stereocenters. The van der Waals surface area contributed by atoms with Crippen LogP contribution in [0.1, 0.15) is 23.2 Å². The number of carbonyl (C=O) groups excluding carboxylic acids is 1. The van der Waals surface area contributed by atoms with Gasteiger partial charge in [-0.2, -0.15) is 0 Å². The van der Waals surface area contributed by atoms with Crippen LogP contribution in [-0.4, -0.2) is 30.5 Å². The van der Waals surface area contributed by atoms with Crippen molar-refractivity contribution in [3.63, 3.8) is 0 Å². The van der Waals surface area contributed by atoms with Crippen LogP contribution in [-0.2, 0) is 0 Å². The summed E-state index contributed by atoms with van der Waals surface area (Å²) in [6, 6.07) is 9.10. The lowest BCUT2D eigenvalue weighted by Gasteiger charge is -2.09. The van der Waals surface area contributed by atoms with Gasteiger partial charge in [0.05, 0.1) is 0 Å². The number of rotatable bonds is 4. The number of pyridine rings is 1. The Bertz CT molecular complexity index is 708. The average Bonchev–Trinajstić information content (AvgIpc) is 2.99. The molecule has 1 aliphatic rings. The molecule has 1 aliphatic heterocycles. The Morgan fingerprint density at radius 2 is 2.14 bits per heavy atom. The second kappa shape index (κ2) is 7.42. The van der Waals surface area contributed by atoms with Crippen LogP contribution in [0.2, 0.25) is 0 Å². The highest BCUT2D eigenvalue weighted by Gasteiger charge is 2.15. The number of benzene rings is 1. The van der Waals surface area contributed by atoms with Crippen LogP contribution in [0.25, 0.3) is 10.9 Å². The lowest BCUT2D eigenvalue weighted by molar-refractivity contribution is 0.0950. The van der Waals surface area contributed by atoms with Gasteiger partial charge in [0, 0.05) is 12.1 Å². The van der Waals surface area contributed by atoms with Crippen molar-refractivity contribution in [3.8, 4) is 0 Å². The highest BCUT2D eigenvalue weighted by atomic mass is 35.5. The molecule has 1 aromatic carbocycles. The Morgan fingerprint density at radius 1 is 1.32 bits per heavy atom. The zero-order valence-electron chi connectivity index (χ0n) is 12.2. The lowest BCUT2D eigenvalue weighted by atomic mass is 10.1. The summed E-state index contributed by atoms with van der Waals surface area (Å²) in [5.41, 5.74) is 0.586. The number of hydrogen-bond donors (Lipinski definition) is 3. The predicted octanol–water partition coefficient (Wildman–Crippen LogP) is 1.68. The first-order valence-corrected chi connectivity index (χ1v) is 7.35. The number of halogens is 1. The third kappa shape index (κ3) is 3.67. The molecule has 0 radical (unpaired) electrons. The quantitative estimate of drug-likeness (QED) is 0.802. The second-order valence-electron chi connectivity index (χ2n) is 5.50. The van der Waals surface area contributed by atoms with Crippen LogP contribution in [0.3, 0.4) is 0 Å². The SMILES string of the molecule is Cl.O=C(NCCC1CCNC1)c1cc2ccccc2[nH]c1=O. The summed E-state index contributed by atoms with van der Waals surface area (Å²) in [5, 5.41) is 7.01. The molecule has 3 N–H and O–H groups in total. The van der Waals surface area contributed by atoms with Crippen LogP contribution in [0.15, 0.2) is 35.1 Å². The van der Waals surface area contributed by atoms with Crippen molar-refractivity contribution in [1.82, 2.24) is 15.6 Å². The van der Waals surface area contributed by atoms with Gasteiger partial charge >= 0.3 is 0 Å². The van der Waals surface area contributed by atoms with E-state index in [1.165, 1.54) is 0 Å². The third-order valence-electron chi connectivity index (χ3n) is 4.00. The first kappa shape index (κ1) is 16.5. The molecular weight excluding hydrogens is 302 g/mol. The Hall–Kier alpha value is -1.85. The molecule has 1 fully saturated rings. The van der Waals surface area contributed by atoms with E-state index < -0.39 is 0 Å². The van der Waals surface area contributed by atoms with E-state index >= 15 is 0 Å². The van der Waals surface area contributed by atoms with Crippen molar-refractivity contribution in [2.24, 2.45) is 5.92 Å². The molecule has 0 bridgehead atoms. The highest BCUT2D eigenvalue weighted by Crippen LogP contribution is 2.12. The average molecular weight is 322 g/mol. The summed E-state index contributed by atoms with van der Waals surface area (Å²) in [7, 11) is 0. The van der Waals surface area contributed by atoms with Crippen molar-refractivity contribution in [1.29, 1.82) is 0 Å². The number of fused-ring (bicyclic) bond motifs is 1. The Balaban J connectivity index is 0.00000176. The summed E-state index contributed by atoms with van der Waals surface area (Å²) < 4.78 is 0. The highest BCUT2D eigenvalue weighted by molar-refractivity contribution is 5.97. The molecule has 1 aromatic heterocycles. The van der Waals surface area contributed by atoms with E-state index in [9.17, 15) is 9.59 Å². The maximum Gasteiger partial charge on any atom is 0.261 e. The van der Waals surface area contributed by atoms with Gasteiger partial charge in [-0.15, -0.1) is 12.4 Å². The normalized spacial score (nSPS) is 17.2. The van der Waals surface area contributed by atoms with E-state index in [2.05, 4.69) is 15.6 Å². The maximum atomic E-state index is 12.1. The minimum atomic E-state index is -0.339. The fourth-order valence-electron chi connectivity index (χ4n) is 2.76. The van der Waals surface area contributed by atoms with Crippen LogP contribution < -0.4 is 16.2 Å². The molecule has 1 atom stereocenters. The van der Waals surface area contributed by atoms with Gasteiger partial charge in [0.25, 0.3) is 11.5 Å². The van der Waals surface area contributed by atoms with E-state index in [0.717, 1.165) is 36.8 Å². The molecule has 2 aromatic rings. The van der Waals surface area contributed by atoms with Crippen molar-refractivity contribution < 1.29 is 4.79 Å². The summed E-state index contributed by atoms with van der Waals surface area (Å²) in [6.45, 7) is 2.69. The molecule has 0 aliphatic carbocycles. The summed E-state index contributed by atoms with van der Waals surface area (Å²) in [5.74, 6) is 0.327. The lowest BCUT2D eigenvalue weighted by Crippen LogP contribution is -2.31. The number of para-hydroxylation sites is 1. The Labute approximate surface area is 134 Å². The van der Waals surface area contributed by atoms with Crippen molar-refractivity contribution in [2.75, 3.05) is 19.6 Å². The maximum absolute atomic E-state index is 12.1. The summed E-state index contributed by atoms with van der Waals surface area (Å²) in [4.78, 5) is 26.8. The van der Waals surface area contributed by atoms with Crippen molar-refractivity contribution >= 4 is 29.2 Å². The number of carbonyl (C=O) groups is 1. The standard InChI is InChI=1S/C16H19N3O2.ClH/c20-15(18-8-6-11-5-7-17-10-11)13-9-12-3-1-2-4-14(12)19-16(13)21;/h1-4,9,11,17H,5-8,10H2,(H,18,20)(H,19,21);1H. The summed E-state index contributed by atoms with van der Waals surface area (Å²) >= 11 is 0.